The highest BCUT2D eigenvalue weighted by Crippen LogP contribution is 2.17. The second kappa shape index (κ2) is 4.96. The monoisotopic (exact) mass is 207 g/mol. The van der Waals surface area contributed by atoms with Crippen molar-refractivity contribution in [2.24, 2.45) is 5.92 Å². The zero-order valence-electron chi connectivity index (χ0n) is 10.4. The quantitative estimate of drug-likeness (QED) is 0.823. The number of carboxylic acids is 1. The SMILES string of the molecule is [2H][C@@](C)(C(=O)O)c1ccc(CC(C)C)cc1. The molecule has 1 aromatic rings. The fourth-order valence-electron chi connectivity index (χ4n) is 1.49. The van der Waals surface area contributed by atoms with Crippen LogP contribution in [-0.4, -0.2) is 11.1 Å². The van der Waals surface area contributed by atoms with Gasteiger partial charge in [-0.05, 0) is 30.4 Å². The molecular formula is C13H18O2. The van der Waals surface area contributed by atoms with Crippen LogP contribution in [0.15, 0.2) is 24.3 Å². The summed E-state index contributed by atoms with van der Waals surface area (Å²) in [5.41, 5.74) is 1.70. The van der Waals surface area contributed by atoms with Crippen molar-refractivity contribution in [1.29, 1.82) is 0 Å². The molecule has 0 spiro atoms. The summed E-state index contributed by atoms with van der Waals surface area (Å²) in [5.74, 6) is -2.10. The zero-order valence-corrected chi connectivity index (χ0v) is 9.45. The van der Waals surface area contributed by atoms with E-state index in [-0.39, 0.29) is 0 Å². The molecule has 0 aliphatic carbocycles. The highest BCUT2D eigenvalue weighted by molar-refractivity contribution is 5.75. The Hall–Kier alpha value is -1.31. The third kappa shape index (κ3) is 3.39. The molecule has 15 heavy (non-hydrogen) atoms. The molecule has 0 saturated heterocycles. The maximum absolute atomic E-state index is 10.9. The smallest absolute Gasteiger partial charge is 0.310 e. The normalized spacial score (nSPS) is 15.9. The summed E-state index contributed by atoms with van der Waals surface area (Å²) in [6.07, 6.45) is 0.974. The van der Waals surface area contributed by atoms with Gasteiger partial charge in [-0.1, -0.05) is 38.1 Å². The summed E-state index contributed by atoms with van der Waals surface area (Å²) in [5, 5.41) is 8.92. The first kappa shape index (κ1) is 10.2. The van der Waals surface area contributed by atoms with Gasteiger partial charge in [-0.15, -0.1) is 0 Å². The second-order valence-corrected chi connectivity index (χ2v) is 4.23. The van der Waals surface area contributed by atoms with Crippen LogP contribution >= 0.6 is 0 Å². The first-order valence-corrected chi connectivity index (χ1v) is 5.17. The van der Waals surface area contributed by atoms with Crippen molar-refractivity contribution in [1.82, 2.24) is 0 Å². The van der Waals surface area contributed by atoms with E-state index in [1.54, 1.807) is 12.1 Å². The number of hydrogen-bond acceptors (Lipinski definition) is 1. The van der Waals surface area contributed by atoms with Crippen LogP contribution in [0.25, 0.3) is 0 Å². The third-order valence-electron chi connectivity index (χ3n) is 2.35. The summed E-state index contributed by atoms with van der Waals surface area (Å²) in [6, 6.07) is 7.29. The van der Waals surface area contributed by atoms with E-state index >= 15 is 0 Å². The standard InChI is InChI=1S/C13H18O2/c1-9(2)8-11-4-6-12(7-5-11)10(3)13(14)15/h4-7,9-10H,8H2,1-3H3,(H,14,15)/t10-/m0/s1/i10D. The highest BCUT2D eigenvalue weighted by Gasteiger charge is 2.12. The highest BCUT2D eigenvalue weighted by atomic mass is 16.4. The molecular weight excluding hydrogens is 188 g/mol. The van der Waals surface area contributed by atoms with Gasteiger partial charge in [0, 0.05) is 1.37 Å². The predicted octanol–water partition coefficient (Wildman–Crippen LogP) is 3.07. The molecule has 2 heteroatoms. The summed E-state index contributed by atoms with van der Waals surface area (Å²) in [6.45, 7) is 5.67. The Morgan fingerprint density at radius 1 is 1.33 bits per heavy atom. The molecule has 0 aromatic heterocycles. The fraction of sp³-hybridized carbons (Fsp3) is 0.462. The van der Waals surface area contributed by atoms with Crippen molar-refractivity contribution in [3.05, 3.63) is 35.4 Å². The summed E-state index contributed by atoms with van der Waals surface area (Å²) < 4.78 is 7.73. The van der Waals surface area contributed by atoms with Gasteiger partial charge in [-0.2, -0.15) is 0 Å². The van der Waals surface area contributed by atoms with Crippen LogP contribution in [0, 0.1) is 5.92 Å². The lowest BCUT2D eigenvalue weighted by atomic mass is 9.97. The Balaban J connectivity index is 2.91. The van der Waals surface area contributed by atoms with E-state index in [1.807, 2.05) is 12.1 Å². The van der Waals surface area contributed by atoms with Gasteiger partial charge >= 0.3 is 5.97 Å². The fourth-order valence-corrected chi connectivity index (χ4v) is 1.49. The van der Waals surface area contributed by atoms with E-state index in [0.29, 0.717) is 11.5 Å². The van der Waals surface area contributed by atoms with Crippen molar-refractivity contribution in [2.75, 3.05) is 0 Å². The Labute approximate surface area is 92.3 Å². The molecule has 1 N–H and O–H groups in total. The molecule has 1 atom stereocenters. The van der Waals surface area contributed by atoms with Gasteiger partial charge in [-0.3, -0.25) is 4.79 Å². The van der Waals surface area contributed by atoms with Crippen LogP contribution in [0.5, 0.6) is 0 Å². The minimum absolute atomic E-state index is 0.521. The van der Waals surface area contributed by atoms with E-state index in [1.165, 1.54) is 12.5 Å². The first-order valence-electron chi connectivity index (χ1n) is 5.67. The van der Waals surface area contributed by atoms with Crippen LogP contribution < -0.4 is 0 Å². The minimum Gasteiger partial charge on any atom is -0.481 e. The van der Waals surface area contributed by atoms with Crippen molar-refractivity contribution in [3.63, 3.8) is 0 Å². The number of benzene rings is 1. The average Bonchev–Trinajstić information content (AvgIpc) is 2.17. The zero-order chi connectivity index (χ0) is 12.3. The number of carbonyl (C=O) groups is 1. The van der Waals surface area contributed by atoms with Gasteiger partial charge in [0.2, 0.25) is 0 Å². The molecule has 0 fully saturated rings. The molecule has 0 bridgehead atoms. The molecule has 2 nitrogen and oxygen atoms in total. The Bertz CT molecular complexity index is 366. The molecule has 0 aliphatic heterocycles. The van der Waals surface area contributed by atoms with E-state index in [4.69, 9.17) is 6.48 Å². The van der Waals surface area contributed by atoms with Crippen molar-refractivity contribution < 1.29 is 11.3 Å². The molecule has 0 heterocycles. The molecule has 0 radical (unpaired) electrons. The molecule has 0 unspecified atom stereocenters. The van der Waals surface area contributed by atoms with Gasteiger partial charge in [0.25, 0.3) is 0 Å². The van der Waals surface area contributed by atoms with Crippen molar-refractivity contribution in [2.45, 2.75) is 33.1 Å². The summed E-state index contributed by atoms with van der Waals surface area (Å²) in [4.78, 5) is 10.9. The van der Waals surface area contributed by atoms with E-state index < -0.39 is 11.9 Å². The largest absolute Gasteiger partial charge is 0.481 e. The predicted molar refractivity (Wildman–Crippen MR) is 61.0 cm³/mol. The lowest BCUT2D eigenvalue weighted by Crippen LogP contribution is -2.07. The van der Waals surface area contributed by atoms with Crippen molar-refractivity contribution in [3.8, 4) is 0 Å². The van der Waals surface area contributed by atoms with Crippen LogP contribution in [0.4, 0.5) is 0 Å². The van der Waals surface area contributed by atoms with Crippen LogP contribution in [0.2, 0.25) is 0 Å². The maximum Gasteiger partial charge on any atom is 0.310 e. The van der Waals surface area contributed by atoms with E-state index in [2.05, 4.69) is 13.8 Å². The minimum atomic E-state index is -1.56. The lowest BCUT2D eigenvalue weighted by Gasteiger charge is -2.09. The molecule has 82 valence electrons. The number of hydrogen-bond donors (Lipinski definition) is 1. The van der Waals surface area contributed by atoms with E-state index in [0.717, 1.165) is 6.42 Å². The average molecular weight is 207 g/mol. The molecule has 1 aromatic carbocycles. The molecule has 0 aliphatic rings. The Morgan fingerprint density at radius 2 is 1.87 bits per heavy atom. The molecule has 1 rings (SSSR count). The topological polar surface area (TPSA) is 37.3 Å². The summed E-state index contributed by atoms with van der Waals surface area (Å²) >= 11 is 0. The van der Waals surface area contributed by atoms with Gasteiger partial charge in [-0.25, -0.2) is 0 Å². The van der Waals surface area contributed by atoms with Gasteiger partial charge in [0.05, 0.1) is 5.89 Å². The van der Waals surface area contributed by atoms with Crippen molar-refractivity contribution >= 4 is 5.97 Å². The first-order chi connectivity index (χ1) is 7.34. The lowest BCUT2D eigenvalue weighted by molar-refractivity contribution is -0.138. The van der Waals surface area contributed by atoms with Gasteiger partial charge < -0.3 is 5.11 Å². The number of carboxylic acid groups (broad SMARTS) is 1. The van der Waals surface area contributed by atoms with E-state index in [9.17, 15) is 4.79 Å². The molecule has 0 amide bonds. The van der Waals surface area contributed by atoms with Crippen LogP contribution in [0.3, 0.4) is 0 Å². The second-order valence-electron chi connectivity index (χ2n) is 4.23. The number of aliphatic carboxylic acids is 1. The maximum atomic E-state index is 10.9. The third-order valence-corrected chi connectivity index (χ3v) is 2.35. The Kier molecular flexibility index (Phi) is 3.38. The summed E-state index contributed by atoms with van der Waals surface area (Å²) in [7, 11) is 0. The number of rotatable bonds is 4. The Morgan fingerprint density at radius 3 is 2.27 bits per heavy atom. The molecule has 0 saturated carbocycles. The van der Waals surface area contributed by atoms with Crippen LogP contribution in [0.1, 0.15) is 39.2 Å². The van der Waals surface area contributed by atoms with Gasteiger partial charge in [0.15, 0.2) is 0 Å². The van der Waals surface area contributed by atoms with Gasteiger partial charge in [0.1, 0.15) is 0 Å². The van der Waals surface area contributed by atoms with Crippen LogP contribution in [-0.2, 0) is 11.2 Å².